The van der Waals surface area contributed by atoms with Crippen LogP contribution in [-0.2, 0) is 17.5 Å². The van der Waals surface area contributed by atoms with Gasteiger partial charge in [0.1, 0.15) is 5.52 Å². The van der Waals surface area contributed by atoms with Gasteiger partial charge in [0, 0.05) is 12.2 Å². The minimum absolute atomic E-state index is 0.00888. The van der Waals surface area contributed by atoms with E-state index < -0.39 is 17.6 Å². The number of benzene rings is 1. The van der Waals surface area contributed by atoms with Gasteiger partial charge >= 0.3 is 6.18 Å². The van der Waals surface area contributed by atoms with E-state index in [4.69, 9.17) is 11.6 Å². The number of amides is 1. The first-order valence-corrected chi connectivity index (χ1v) is 10.7. The average molecular weight is 473 g/mol. The van der Waals surface area contributed by atoms with Crippen LogP contribution in [0, 0.1) is 12.8 Å². The fraction of sp³-hybridized carbons (Fsp3) is 0.350. The molecule has 1 aromatic carbocycles. The van der Waals surface area contributed by atoms with Gasteiger partial charge < -0.3 is 10.3 Å². The second-order valence-corrected chi connectivity index (χ2v) is 8.80. The van der Waals surface area contributed by atoms with Crippen molar-refractivity contribution in [1.29, 1.82) is 0 Å². The molecule has 0 fully saturated rings. The minimum Gasteiger partial charge on any atom is -0.353 e. The molecule has 0 saturated heterocycles. The third-order valence-electron chi connectivity index (χ3n) is 4.29. The normalized spacial score (nSPS) is 12.0. The Hall–Kier alpha value is -2.46. The Morgan fingerprint density at radius 2 is 2.03 bits per heavy atom. The number of hydrogen-bond donors (Lipinski definition) is 2. The van der Waals surface area contributed by atoms with Crippen LogP contribution in [0.1, 0.15) is 25.1 Å². The Balaban J connectivity index is 1.82. The first-order valence-electron chi connectivity index (χ1n) is 9.35. The summed E-state index contributed by atoms with van der Waals surface area (Å²) in [6.07, 6.45) is -4.56. The highest BCUT2D eigenvalue weighted by Gasteiger charge is 2.31. The molecule has 0 bridgehead atoms. The van der Waals surface area contributed by atoms with Gasteiger partial charge in [0.25, 0.3) is 5.56 Å². The van der Waals surface area contributed by atoms with E-state index in [-0.39, 0.29) is 27.9 Å². The number of fused-ring (bicyclic) bond motifs is 1. The molecule has 2 aromatic heterocycles. The van der Waals surface area contributed by atoms with Crippen molar-refractivity contribution >= 4 is 46.0 Å². The van der Waals surface area contributed by atoms with Crippen LogP contribution in [-0.4, -0.2) is 26.2 Å². The fourth-order valence-corrected chi connectivity index (χ4v) is 3.93. The summed E-state index contributed by atoms with van der Waals surface area (Å²) in [5.74, 6) is -0.571. The van der Waals surface area contributed by atoms with Crippen molar-refractivity contribution in [3.8, 4) is 0 Å². The van der Waals surface area contributed by atoms with Gasteiger partial charge in [-0.1, -0.05) is 37.2 Å². The molecule has 0 aliphatic carbocycles. The van der Waals surface area contributed by atoms with Gasteiger partial charge in [-0.25, -0.2) is 4.98 Å². The Morgan fingerprint density at radius 1 is 1.32 bits per heavy atom. The number of anilines is 1. The van der Waals surface area contributed by atoms with Crippen molar-refractivity contribution in [2.75, 3.05) is 11.1 Å². The topological polar surface area (TPSA) is 79.8 Å². The maximum absolute atomic E-state index is 12.9. The average Bonchev–Trinajstić information content (AvgIpc) is 3.04. The molecule has 6 nitrogen and oxygen atoms in total. The number of hydrogen-bond acceptors (Lipinski definition) is 4. The Bertz CT molecular complexity index is 1190. The van der Waals surface area contributed by atoms with E-state index in [0.29, 0.717) is 22.7 Å². The molecule has 0 unspecified atom stereocenters. The van der Waals surface area contributed by atoms with Crippen molar-refractivity contribution in [2.45, 2.75) is 38.6 Å². The minimum atomic E-state index is -4.56. The number of nitrogens with one attached hydrogen (secondary N) is 2. The molecule has 0 radical (unpaired) electrons. The summed E-state index contributed by atoms with van der Waals surface area (Å²) in [7, 11) is 0. The van der Waals surface area contributed by atoms with E-state index in [0.717, 1.165) is 35.7 Å². The smallest absolute Gasteiger partial charge is 0.353 e. The molecular formula is C20H20ClF3N4O2S. The van der Waals surface area contributed by atoms with Gasteiger partial charge in [-0.05, 0) is 37.1 Å². The zero-order chi connectivity index (χ0) is 22.9. The Morgan fingerprint density at radius 3 is 2.68 bits per heavy atom. The summed E-state index contributed by atoms with van der Waals surface area (Å²) in [4.78, 5) is 32.7. The highest BCUT2D eigenvalue weighted by molar-refractivity contribution is 7.99. The van der Waals surface area contributed by atoms with Gasteiger partial charge in [-0.15, -0.1) is 0 Å². The van der Waals surface area contributed by atoms with Crippen LogP contribution >= 0.6 is 23.4 Å². The molecule has 166 valence electrons. The summed E-state index contributed by atoms with van der Waals surface area (Å²) < 4.78 is 40.3. The molecule has 0 atom stereocenters. The molecule has 1 amide bonds. The molecule has 0 saturated carbocycles. The van der Waals surface area contributed by atoms with E-state index >= 15 is 0 Å². The number of aryl methyl sites for hydroxylation is 1. The van der Waals surface area contributed by atoms with Crippen molar-refractivity contribution in [1.82, 2.24) is 14.5 Å². The second-order valence-electron chi connectivity index (χ2n) is 7.45. The predicted molar refractivity (Wildman–Crippen MR) is 116 cm³/mol. The van der Waals surface area contributed by atoms with E-state index in [1.807, 2.05) is 20.8 Å². The van der Waals surface area contributed by atoms with Crippen molar-refractivity contribution < 1.29 is 18.0 Å². The molecule has 0 aliphatic heterocycles. The third-order valence-corrected chi connectivity index (χ3v) is 5.59. The van der Waals surface area contributed by atoms with Crippen molar-refractivity contribution in [2.24, 2.45) is 5.92 Å². The number of halogens is 4. The highest BCUT2D eigenvalue weighted by Crippen LogP contribution is 2.34. The molecule has 2 heterocycles. The molecule has 2 N–H and O–H groups in total. The van der Waals surface area contributed by atoms with Gasteiger partial charge in [-0.2, -0.15) is 13.2 Å². The third kappa shape index (κ3) is 5.43. The monoisotopic (exact) mass is 472 g/mol. The zero-order valence-electron chi connectivity index (χ0n) is 16.9. The highest BCUT2D eigenvalue weighted by atomic mass is 35.5. The number of carbonyl (C=O) groups excluding carboxylic acids is 1. The van der Waals surface area contributed by atoms with Crippen LogP contribution in [0.15, 0.2) is 34.2 Å². The van der Waals surface area contributed by atoms with Gasteiger partial charge in [-0.3, -0.25) is 14.2 Å². The first-order chi connectivity index (χ1) is 14.5. The molecule has 0 aliphatic rings. The van der Waals surface area contributed by atoms with Crippen molar-refractivity contribution in [3.63, 3.8) is 0 Å². The van der Waals surface area contributed by atoms with E-state index in [1.165, 1.54) is 4.57 Å². The van der Waals surface area contributed by atoms with E-state index in [9.17, 15) is 22.8 Å². The van der Waals surface area contributed by atoms with Crippen LogP contribution < -0.4 is 10.9 Å². The summed E-state index contributed by atoms with van der Waals surface area (Å²) in [6, 6.07) is 4.45. The summed E-state index contributed by atoms with van der Waals surface area (Å²) >= 11 is 6.96. The number of nitrogens with zero attached hydrogens (tertiary/aromatic N) is 2. The molecule has 11 heteroatoms. The predicted octanol–water partition coefficient (Wildman–Crippen LogP) is 5.09. The van der Waals surface area contributed by atoms with Crippen LogP contribution in [0.3, 0.4) is 0 Å². The van der Waals surface area contributed by atoms with Gasteiger partial charge in [0.2, 0.25) is 5.91 Å². The van der Waals surface area contributed by atoms with Gasteiger partial charge in [0.05, 0.1) is 27.5 Å². The standard InChI is InChI=1S/C20H20ClF3N4O2S/c1-10(2)8-28-18(30)17-15(6-11(3)25-17)27-19(28)31-9-16(29)26-14-7-12(20(22,23)24)4-5-13(14)21/h4-7,10,25H,8-9H2,1-3H3,(H,26,29). The number of alkyl halides is 3. The number of thioether (sulfide) groups is 1. The number of H-pyrrole nitrogens is 1. The summed E-state index contributed by atoms with van der Waals surface area (Å²) in [6.45, 7) is 6.12. The maximum atomic E-state index is 12.9. The Labute approximate surface area is 185 Å². The quantitative estimate of drug-likeness (QED) is 0.387. The van der Waals surface area contributed by atoms with Gasteiger partial charge in [0.15, 0.2) is 5.16 Å². The summed E-state index contributed by atoms with van der Waals surface area (Å²) in [5.41, 5.74) is 0.381. The molecule has 31 heavy (non-hydrogen) atoms. The SMILES string of the molecule is Cc1cc2nc(SCC(=O)Nc3cc(C(F)(F)F)ccc3Cl)n(CC(C)C)c(=O)c2[nH]1. The number of rotatable bonds is 6. The molecule has 3 rings (SSSR count). The Kier molecular flexibility index (Phi) is 6.70. The number of carbonyl (C=O) groups is 1. The van der Waals surface area contributed by atoms with Crippen LogP contribution in [0.5, 0.6) is 0 Å². The lowest BCUT2D eigenvalue weighted by atomic mass is 10.2. The second kappa shape index (κ2) is 8.96. The molecule has 3 aromatic rings. The fourth-order valence-electron chi connectivity index (χ4n) is 2.96. The summed E-state index contributed by atoms with van der Waals surface area (Å²) in [5, 5.41) is 2.74. The lowest BCUT2D eigenvalue weighted by molar-refractivity contribution is -0.137. The lowest BCUT2D eigenvalue weighted by Gasteiger charge is -2.14. The van der Waals surface area contributed by atoms with Crippen molar-refractivity contribution in [3.05, 3.63) is 50.9 Å². The molecular weight excluding hydrogens is 453 g/mol. The van der Waals surface area contributed by atoms with E-state index in [1.54, 1.807) is 6.07 Å². The lowest BCUT2D eigenvalue weighted by Crippen LogP contribution is -2.26. The number of aromatic amines is 1. The first kappa shape index (κ1) is 23.2. The largest absolute Gasteiger partial charge is 0.416 e. The van der Waals surface area contributed by atoms with Crippen LogP contribution in [0.4, 0.5) is 18.9 Å². The van der Waals surface area contributed by atoms with E-state index in [2.05, 4.69) is 15.3 Å². The molecule has 0 spiro atoms. The zero-order valence-corrected chi connectivity index (χ0v) is 18.5. The number of aromatic nitrogens is 3. The maximum Gasteiger partial charge on any atom is 0.416 e. The van der Waals surface area contributed by atoms with Crippen LogP contribution in [0.2, 0.25) is 5.02 Å². The van der Waals surface area contributed by atoms with Crippen LogP contribution in [0.25, 0.3) is 11.0 Å².